The van der Waals surface area contributed by atoms with Crippen LogP contribution in [0, 0.1) is 5.92 Å². The van der Waals surface area contributed by atoms with Gasteiger partial charge in [0.2, 0.25) is 0 Å². The third-order valence-corrected chi connectivity index (χ3v) is 6.01. The summed E-state index contributed by atoms with van der Waals surface area (Å²) in [6.07, 6.45) is 5.78. The Kier molecular flexibility index (Phi) is 4.25. The van der Waals surface area contributed by atoms with Crippen LogP contribution in [-0.2, 0) is 0 Å². The van der Waals surface area contributed by atoms with Gasteiger partial charge >= 0.3 is 0 Å². The summed E-state index contributed by atoms with van der Waals surface area (Å²) in [5.41, 5.74) is 3.86. The van der Waals surface area contributed by atoms with Crippen LogP contribution in [0.5, 0.6) is 11.5 Å². The lowest BCUT2D eigenvalue weighted by Crippen LogP contribution is -2.29. The molecule has 0 radical (unpaired) electrons. The van der Waals surface area contributed by atoms with Crippen molar-refractivity contribution in [3.05, 3.63) is 101 Å². The first-order valence-corrected chi connectivity index (χ1v) is 10.1. The maximum atomic E-state index is 6.06. The number of fused-ring (bicyclic) bond motifs is 3. The molecule has 0 saturated carbocycles. The fourth-order valence-corrected chi connectivity index (χ4v) is 4.71. The van der Waals surface area contributed by atoms with Crippen LogP contribution in [0.2, 0.25) is 0 Å². The van der Waals surface area contributed by atoms with E-state index in [-0.39, 0.29) is 0 Å². The first-order chi connectivity index (χ1) is 13.3. The fourth-order valence-electron chi connectivity index (χ4n) is 4.29. The van der Waals surface area contributed by atoms with Crippen LogP contribution in [0.3, 0.4) is 0 Å². The predicted octanol–water partition coefficient (Wildman–Crippen LogP) is 7.07. The zero-order valence-corrected chi connectivity index (χ0v) is 16.4. The number of nitrogens with one attached hydrogen (secondary N) is 1. The Morgan fingerprint density at radius 2 is 1.78 bits per heavy atom. The SMILES string of the molecule is Brc1cccc([C@@H]2Nc3ccc(Oc4ccccc4)cc3[C@@H]3C=CC[C@@H]32)c1. The molecule has 0 spiro atoms. The van der Waals surface area contributed by atoms with Crippen LogP contribution < -0.4 is 10.1 Å². The maximum absolute atomic E-state index is 6.06. The van der Waals surface area contributed by atoms with E-state index in [9.17, 15) is 0 Å². The van der Waals surface area contributed by atoms with E-state index in [0.29, 0.717) is 17.9 Å². The molecule has 3 aromatic carbocycles. The summed E-state index contributed by atoms with van der Waals surface area (Å²) in [5, 5.41) is 3.79. The van der Waals surface area contributed by atoms with Gasteiger partial charge < -0.3 is 10.1 Å². The monoisotopic (exact) mass is 417 g/mol. The van der Waals surface area contributed by atoms with Gasteiger partial charge in [0.05, 0.1) is 6.04 Å². The van der Waals surface area contributed by atoms with Gasteiger partial charge in [0.15, 0.2) is 0 Å². The number of rotatable bonds is 3. The average molecular weight is 418 g/mol. The Morgan fingerprint density at radius 3 is 2.63 bits per heavy atom. The minimum atomic E-state index is 0.316. The van der Waals surface area contributed by atoms with Crippen LogP contribution in [0.25, 0.3) is 0 Å². The summed E-state index contributed by atoms with van der Waals surface area (Å²) in [7, 11) is 0. The number of allylic oxidation sites excluding steroid dienone is 2. The molecule has 2 nitrogen and oxygen atoms in total. The van der Waals surface area contributed by atoms with Gasteiger partial charge in [0.1, 0.15) is 11.5 Å². The first kappa shape index (κ1) is 16.6. The fraction of sp³-hybridized carbons (Fsp3) is 0.167. The van der Waals surface area contributed by atoms with Crippen LogP contribution >= 0.6 is 15.9 Å². The van der Waals surface area contributed by atoms with Gasteiger partial charge in [-0.05, 0) is 65.9 Å². The van der Waals surface area contributed by atoms with Crippen molar-refractivity contribution in [2.24, 2.45) is 5.92 Å². The number of ether oxygens (including phenoxy) is 1. The molecule has 0 fully saturated rings. The highest BCUT2D eigenvalue weighted by atomic mass is 79.9. The maximum Gasteiger partial charge on any atom is 0.127 e. The Balaban J connectivity index is 1.49. The number of hydrogen-bond donors (Lipinski definition) is 1. The molecule has 3 heteroatoms. The van der Waals surface area contributed by atoms with Crippen molar-refractivity contribution in [2.75, 3.05) is 5.32 Å². The molecular formula is C24H20BrNO. The minimum absolute atomic E-state index is 0.316. The van der Waals surface area contributed by atoms with Crippen molar-refractivity contribution in [3.8, 4) is 11.5 Å². The van der Waals surface area contributed by atoms with Crippen LogP contribution in [0.4, 0.5) is 5.69 Å². The van der Waals surface area contributed by atoms with E-state index < -0.39 is 0 Å². The van der Waals surface area contributed by atoms with E-state index in [1.165, 1.54) is 16.8 Å². The van der Waals surface area contributed by atoms with Crippen molar-refractivity contribution in [1.82, 2.24) is 0 Å². The van der Waals surface area contributed by atoms with E-state index in [1.54, 1.807) is 0 Å². The lowest BCUT2D eigenvalue weighted by Gasteiger charge is -2.37. The lowest BCUT2D eigenvalue weighted by atomic mass is 9.77. The largest absolute Gasteiger partial charge is 0.457 e. The number of para-hydroxylation sites is 1. The van der Waals surface area contributed by atoms with Crippen LogP contribution in [-0.4, -0.2) is 0 Å². The molecule has 0 amide bonds. The Morgan fingerprint density at radius 1 is 0.889 bits per heavy atom. The number of anilines is 1. The quantitative estimate of drug-likeness (QED) is 0.460. The Bertz CT molecular complexity index is 998. The molecule has 1 aliphatic heterocycles. The molecule has 27 heavy (non-hydrogen) atoms. The lowest BCUT2D eigenvalue weighted by molar-refractivity contribution is 0.422. The summed E-state index contributed by atoms with van der Waals surface area (Å²) < 4.78 is 7.19. The second kappa shape index (κ2) is 6.90. The zero-order valence-electron chi connectivity index (χ0n) is 14.8. The average Bonchev–Trinajstić information content (AvgIpc) is 3.18. The van der Waals surface area contributed by atoms with Gasteiger partial charge in [0, 0.05) is 16.1 Å². The van der Waals surface area contributed by atoms with Gasteiger partial charge in [-0.25, -0.2) is 0 Å². The first-order valence-electron chi connectivity index (χ1n) is 9.33. The van der Waals surface area contributed by atoms with E-state index in [4.69, 9.17) is 4.74 Å². The highest BCUT2D eigenvalue weighted by molar-refractivity contribution is 9.10. The van der Waals surface area contributed by atoms with E-state index in [1.807, 2.05) is 30.3 Å². The molecule has 1 heterocycles. The number of halogens is 1. The Hall–Kier alpha value is -2.52. The molecule has 3 atom stereocenters. The highest BCUT2D eigenvalue weighted by Gasteiger charge is 2.38. The predicted molar refractivity (Wildman–Crippen MR) is 113 cm³/mol. The molecule has 0 aromatic heterocycles. The molecular weight excluding hydrogens is 398 g/mol. The second-order valence-corrected chi connectivity index (χ2v) is 8.11. The summed E-state index contributed by atoms with van der Waals surface area (Å²) in [5.74, 6) is 2.71. The summed E-state index contributed by atoms with van der Waals surface area (Å²) >= 11 is 3.61. The highest BCUT2D eigenvalue weighted by Crippen LogP contribution is 2.50. The Labute approximate surface area is 168 Å². The van der Waals surface area contributed by atoms with E-state index in [2.05, 4.69) is 75.9 Å². The van der Waals surface area contributed by atoms with Gasteiger partial charge in [0.25, 0.3) is 0 Å². The van der Waals surface area contributed by atoms with E-state index in [0.717, 1.165) is 22.4 Å². The number of benzene rings is 3. The molecule has 1 N–H and O–H groups in total. The molecule has 0 unspecified atom stereocenters. The topological polar surface area (TPSA) is 21.3 Å². The van der Waals surface area contributed by atoms with Gasteiger partial charge in [-0.3, -0.25) is 0 Å². The molecule has 2 aliphatic rings. The van der Waals surface area contributed by atoms with Gasteiger partial charge in [-0.2, -0.15) is 0 Å². The summed E-state index contributed by atoms with van der Waals surface area (Å²) in [6, 6.07) is 25.3. The molecule has 0 bridgehead atoms. The number of hydrogen-bond acceptors (Lipinski definition) is 2. The van der Waals surface area contributed by atoms with Crippen molar-refractivity contribution in [1.29, 1.82) is 0 Å². The van der Waals surface area contributed by atoms with Crippen molar-refractivity contribution in [2.45, 2.75) is 18.4 Å². The van der Waals surface area contributed by atoms with E-state index >= 15 is 0 Å². The zero-order chi connectivity index (χ0) is 18.2. The third-order valence-electron chi connectivity index (χ3n) is 5.52. The molecule has 3 aromatic rings. The third kappa shape index (κ3) is 3.17. The van der Waals surface area contributed by atoms with Gasteiger partial charge in [-0.15, -0.1) is 0 Å². The molecule has 134 valence electrons. The van der Waals surface area contributed by atoms with Crippen molar-refractivity contribution < 1.29 is 4.74 Å². The molecule has 0 saturated heterocycles. The summed E-state index contributed by atoms with van der Waals surface area (Å²) in [6.45, 7) is 0. The van der Waals surface area contributed by atoms with Gasteiger partial charge in [-0.1, -0.05) is 58.4 Å². The molecule has 5 rings (SSSR count). The second-order valence-electron chi connectivity index (χ2n) is 7.19. The smallest absolute Gasteiger partial charge is 0.127 e. The van der Waals surface area contributed by atoms with Crippen LogP contribution in [0.1, 0.15) is 29.5 Å². The minimum Gasteiger partial charge on any atom is -0.457 e. The van der Waals surface area contributed by atoms with Crippen molar-refractivity contribution in [3.63, 3.8) is 0 Å². The standard InChI is InChI=1S/C24H20BrNO/c25-17-7-4-6-16(14-17)24-21-11-5-10-20(21)22-15-19(12-13-23(22)26-24)27-18-8-2-1-3-9-18/h1-10,12-15,20-21,24,26H,11H2/t20-,21+,24+/m1/s1. The van der Waals surface area contributed by atoms with Crippen LogP contribution in [0.15, 0.2) is 89.4 Å². The van der Waals surface area contributed by atoms with Crippen molar-refractivity contribution >= 4 is 21.6 Å². The summed E-state index contributed by atoms with van der Waals surface area (Å²) in [4.78, 5) is 0. The normalized spacial score (nSPS) is 22.6. The molecule has 1 aliphatic carbocycles.